The second kappa shape index (κ2) is 5.69. The van der Waals surface area contributed by atoms with E-state index in [1.54, 1.807) is 0 Å². The smallest absolute Gasteiger partial charge is 0.121 e. The van der Waals surface area contributed by atoms with Gasteiger partial charge in [-0.2, -0.15) is 5.48 Å². The van der Waals surface area contributed by atoms with Crippen molar-refractivity contribution in [2.24, 2.45) is 5.41 Å². The largest absolute Gasteiger partial charge is 0.330 e. The number of hydroxylamine groups is 1. The predicted molar refractivity (Wildman–Crippen MR) is 93.9 cm³/mol. The molecule has 1 aromatic heterocycles. The van der Waals surface area contributed by atoms with Gasteiger partial charge in [0, 0.05) is 6.54 Å². The first kappa shape index (κ1) is 15.8. The van der Waals surface area contributed by atoms with E-state index >= 15 is 0 Å². The lowest BCUT2D eigenvalue weighted by Gasteiger charge is -2.42. The Morgan fingerprint density at radius 3 is 3.04 bits per heavy atom. The molecule has 1 aromatic carbocycles. The molecule has 1 aliphatic heterocycles. The van der Waals surface area contributed by atoms with Gasteiger partial charge in [0.1, 0.15) is 5.60 Å². The number of fused-ring (bicyclic) bond motifs is 1. The Bertz CT molecular complexity index is 776. The summed E-state index contributed by atoms with van der Waals surface area (Å²) in [5.74, 6) is 0. The van der Waals surface area contributed by atoms with Crippen LogP contribution in [0.1, 0.15) is 45.1 Å². The molecule has 2 unspecified atom stereocenters. The summed E-state index contributed by atoms with van der Waals surface area (Å²) in [5, 5.41) is 0. The van der Waals surface area contributed by atoms with E-state index in [0.717, 1.165) is 43.4 Å². The zero-order valence-corrected chi connectivity index (χ0v) is 14.5. The SMILES string of the molecule is C=C(C)c1ccc2ncn(CC3(C)CCCC4(CNOO4)C3)c2c1. The summed E-state index contributed by atoms with van der Waals surface area (Å²) in [6, 6.07) is 6.37. The van der Waals surface area contributed by atoms with Crippen molar-refractivity contribution in [3.8, 4) is 0 Å². The third-order valence-electron chi connectivity index (χ3n) is 5.50. The fourth-order valence-corrected chi connectivity index (χ4v) is 4.32. The Morgan fingerprint density at radius 1 is 1.42 bits per heavy atom. The van der Waals surface area contributed by atoms with Crippen LogP contribution in [0.25, 0.3) is 16.6 Å². The van der Waals surface area contributed by atoms with Crippen LogP contribution in [0, 0.1) is 5.41 Å². The lowest BCUT2D eigenvalue weighted by molar-refractivity contribution is -0.344. The van der Waals surface area contributed by atoms with Gasteiger partial charge in [0.05, 0.1) is 23.9 Å². The first-order chi connectivity index (χ1) is 11.5. The molecule has 1 spiro atoms. The monoisotopic (exact) mass is 327 g/mol. The number of allylic oxidation sites excluding steroid dienone is 1. The van der Waals surface area contributed by atoms with Gasteiger partial charge in [0.2, 0.25) is 0 Å². The molecule has 128 valence electrons. The van der Waals surface area contributed by atoms with E-state index in [4.69, 9.17) is 9.88 Å². The molecule has 1 N–H and O–H groups in total. The second-order valence-corrected chi connectivity index (χ2v) is 7.87. The number of nitrogens with one attached hydrogen (secondary N) is 1. The van der Waals surface area contributed by atoms with E-state index in [9.17, 15) is 0 Å². The number of hydrogen-bond acceptors (Lipinski definition) is 4. The van der Waals surface area contributed by atoms with Crippen molar-refractivity contribution in [1.29, 1.82) is 0 Å². The van der Waals surface area contributed by atoms with E-state index < -0.39 is 0 Å². The number of imidazole rings is 1. The summed E-state index contributed by atoms with van der Waals surface area (Å²) >= 11 is 0. The summed E-state index contributed by atoms with van der Waals surface area (Å²) in [4.78, 5) is 15.2. The Morgan fingerprint density at radius 2 is 2.29 bits per heavy atom. The van der Waals surface area contributed by atoms with Gasteiger partial charge in [0.25, 0.3) is 0 Å². The molecular formula is C19H25N3O2. The summed E-state index contributed by atoms with van der Waals surface area (Å²) in [6.07, 6.45) is 6.36. The maximum Gasteiger partial charge on any atom is 0.121 e. The summed E-state index contributed by atoms with van der Waals surface area (Å²) in [5.41, 5.74) is 7.34. The maximum absolute atomic E-state index is 5.59. The molecule has 4 rings (SSSR count). The molecule has 2 atom stereocenters. The lowest BCUT2D eigenvalue weighted by atomic mass is 9.68. The Kier molecular flexibility index (Phi) is 3.75. The quantitative estimate of drug-likeness (QED) is 0.870. The molecule has 0 amide bonds. The Labute approximate surface area is 142 Å². The van der Waals surface area contributed by atoms with E-state index in [2.05, 4.69) is 46.7 Å². The van der Waals surface area contributed by atoms with Crippen molar-refractivity contribution in [3.05, 3.63) is 36.7 Å². The topological polar surface area (TPSA) is 48.3 Å². The minimum Gasteiger partial charge on any atom is -0.330 e. The van der Waals surface area contributed by atoms with Gasteiger partial charge in [-0.3, -0.25) is 0 Å². The fourth-order valence-electron chi connectivity index (χ4n) is 4.32. The first-order valence-corrected chi connectivity index (χ1v) is 8.67. The summed E-state index contributed by atoms with van der Waals surface area (Å²) < 4.78 is 2.28. The molecule has 2 fully saturated rings. The van der Waals surface area contributed by atoms with Crippen LogP contribution < -0.4 is 5.48 Å². The Balaban J connectivity index is 1.63. The lowest BCUT2D eigenvalue weighted by Crippen LogP contribution is -2.44. The molecule has 2 aliphatic rings. The van der Waals surface area contributed by atoms with Gasteiger partial charge in [-0.25, -0.2) is 9.87 Å². The third kappa shape index (κ3) is 2.77. The van der Waals surface area contributed by atoms with Crippen molar-refractivity contribution >= 4 is 16.6 Å². The van der Waals surface area contributed by atoms with Gasteiger partial charge >= 0.3 is 0 Å². The third-order valence-corrected chi connectivity index (χ3v) is 5.50. The molecule has 5 nitrogen and oxygen atoms in total. The number of aromatic nitrogens is 2. The molecule has 0 radical (unpaired) electrons. The zero-order chi connectivity index (χ0) is 16.8. The standard InChI is InChI=1S/C19H25N3O2/c1-14(2)15-5-6-16-17(9-15)22(13-20-16)12-18(3)7-4-8-19(10-18)11-21-24-23-19/h5-6,9,13,21H,1,4,7-8,10-12H2,2-3H3. The van der Waals surface area contributed by atoms with E-state index in [1.807, 2.05) is 13.3 Å². The average molecular weight is 327 g/mol. The number of rotatable bonds is 3. The Hall–Kier alpha value is -1.69. The highest BCUT2D eigenvalue weighted by molar-refractivity contribution is 5.80. The average Bonchev–Trinajstić information content (AvgIpc) is 3.14. The van der Waals surface area contributed by atoms with Crippen LogP contribution in [0.4, 0.5) is 0 Å². The molecule has 5 heteroatoms. The van der Waals surface area contributed by atoms with Crippen molar-refractivity contribution in [2.45, 2.75) is 51.7 Å². The molecule has 1 saturated carbocycles. The fraction of sp³-hybridized carbons (Fsp3) is 0.526. The van der Waals surface area contributed by atoms with Crippen LogP contribution >= 0.6 is 0 Å². The second-order valence-electron chi connectivity index (χ2n) is 7.87. The zero-order valence-electron chi connectivity index (χ0n) is 14.5. The van der Waals surface area contributed by atoms with Crippen molar-refractivity contribution in [3.63, 3.8) is 0 Å². The first-order valence-electron chi connectivity index (χ1n) is 8.67. The molecule has 0 bridgehead atoms. The van der Waals surface area contributed by atoms with Crippen LogP contribution in [0.15, 0.2) is 31.1 Å². The predicted octanol–water partition coefficient (Wildman–Crippen LogP) is 3.85. The molecule has 2 heterocycles. The van der Waals surface area contributed by atoms with E-state index in [0.29, 0.717) is 0 Å². The van der Waals surface area contributed by atoms with Crippen LogP contribution in [0.3, 0.4) is 0 Å². The molecule has 2 aromatic rings. The normalized spacial score (nSPS) is 30.2. The number of nitrogens with zero attached hydrogens (tertiary/aromatic N) is 2. The summed E-state index contributed by atoms with van der Waals surface area (Å²) in [7, 11) is 0. The minimum absolute atomic E-state index is 0.167. The van der Waals surface area contributed by atoms with Crippen LogP contribution in [-0.2, 0) is 16.4 Å². The summed E-state index contributed by atoms with van der Waals surface area (Å²) in [6.45, 7) is 10.2. The highest BCUT2D eigenvalue weighted by Gasteiger charge is 2.47. The van der Waals surface area contributed by atoms with E-state index in [-0.39, 0.29) is 11.0 Å². The van der Waals surface area contributed by atoms with Gasteiger partial charge in [-0.1, -0.05) is 25.1 Å². The highest BCUT2D eigenvalue weighted by atomic mass is 17.3. The molecule has 1 saturated heterocycles. The maximum atomic E-state index is 5.59. The van der Waals surface area contributed by atoms with Crippen molar-refractivity contribution in [2.75, 3.05) is 6.54 Å². The van der Waals surface area contributed by atoms with Crippen LogP contribution in [0.2, 0.25) is 0 Å². The molecule has 24 heavy (non-hydrogen) atoms. The van der Waals surface area contributed by atoms with Gasteiger partial charge in [0.15, 0.2) is 0 Å². The van der Waals surface area contributed by atoms with Gasteiger partial charge in [-0.15, -0.1) is 4.99 Å². The van der Waals surface area contributed by atoms with Crippen LogP contribution in [-0.4, -0.2) is 21.7 Å². The van der Waals surface area contributed by atoms with Crippen molar-refractivity contribution < 1.29 is 9.88 Å². The van der Waals surface area contributed by atoms with Gasteiger partial charge in [-0.05, 0) is 55.7 Å². The van der Waals surface area contributed by atoms with E-state index in [1.165, 1.54) is 17.5 Å². The van der Waals surface area contributed by atoms with Gasteiger partial charge < -0.3 is 4.57 Å². The highest BCUT2D eigenvalue weighted by Crippen LogP contribution is 2.45. The number of benzene rings is 1. The molecule has 1 aliphatic carbocycles. The van der Waals surface area contributed by atoms with Crippen LogP contribution in [0.5, 0.6) is 0 Å². The molecular weight excluding hydrogens is 302 g/mol. The minimum atomic E-state index is -0.174. The van der Waals surface area contributed by atoms with Crippen molar-refractivity contribution in [1.82, 2.24) is 15.0 Å². The number of hydrogen-bond donors (Lipinski definition) is 1.